The van der Waals surface area contributed by atoms with Gasteiger partial charge in [0.25, 0.3) is 0 Å². The lowest BCUT2D eigenvalue weighted by atomic mass is 10.1. The van der Waals surface area contributed by atoms with Crippen molar-refractivity contribution in [3.63, 3.8) is 0 Å². The molecule has 0 aromatic rings. The molecule has 0 bridgehead atoms. The fourth-order valence-electron chi connectivity index (χ4n) is 3.41. The third-order valence-electron chi connectivity index (χ3n) is 5.25. The molecule has 4 nitrogen and oxygen atoms in total. The van der Waals surface area contributed by atoms with E-state index in [0.29, 0.717) is 0 Å². The van der Waals surface area contributed by atoms with Crippen molar-refractivity contribution in [3.05, 3.63) is 0 Å². The summed E-state index contributed by atoms with van der Waals surface area (Å²) < 4.78 is 0. The van der Waals surface area contributed by atoms with Crippen LogP contribution in [0.4, 0.5) is 0 Å². The molecule has 0 aromatic heterocycles. The molecule has 28 heavy (non-hydrogen) atoms. The van der Waals surface area contributed by atoms with E-state index in [1.807, 2.05) is 0 Å². The fourth-order valence-corrected chi connectivity index (χ4v) is 3.41. The van der Waals surface area contributed by atoms with Gasteiger partial charge in [-0.25, -0.2) is 9.78 Å². The van der Waals surface area contributed by atoms with Crippen LogP contribution < -0.4 is 0 Å². The van der Waals surface area contributed by atoms with Crippen LogP contribution in [0.5, 0.6) is 0 Å². The van der Waals surface area contributed by atoms with E-state index >= 15 is 0 Å². The van der Waals surface area contributed by atoms with Gasteiger partial charge >= 0.3 is 0 Å². The van der Waals surface area contributed by atoms with Gasteiger partial charge in [-0.3, -0.25) is 10.5 Å². The molecule has 0 amide bonds. The van der Waals surface area contributed by atoms with Crippen LogP contribution in [0.25, 0.3) is 0 Å². The van der Waals surface area contributed by atoms with Crippen LogP contribution in [0.2, 0.25) is 0 Å². The minimum Gasteiger partial charge on any atom is -0.255 e. The predicted octanol–water partition coefficient (Wildman–Crippen LogP) is 8.79. The molecule has 0 heterocycles. The molecule has 0 saturated carbocycles. The largest absolute Gasteiger partial charge is 0.255 e. The molecular weight excluding hydrogens is 352 g/mol. The Labute approximate surface area is 176 Å². The van der Waals surface area contributed by atoms with Crippen molar-refractivity contribution >= 4 is 0 Å². The summed E-state index contributed by atoms with van der Waals surface area (Å²) in [7, 11) is 0. The molecule has 0 aliphatic rings. The fraction of sp³-hybridized carbons (Fsp3) is 1.00. The minimum atomic E-state index is 0.772. The zero-order chi connectivity index (χ0) is 21.0. The van der Waals surface area contributed by atoms with Gasteiger partial charge in [0.15, 0.2) is 0 Å². The molecule has 4 heteroatoms. The van der Waals surface area contributed by atoms with Gasteiger partial charge in [-0.15, -0.1) is 0 Å². The molecule has 0 rings (SSSR count). The third kappa shape index (κ3) is 30.6. The second-order valence-electron chi connectivity index (χ2n) is 8.01. The Kier molecular flexibility index (Phi) is 33.8. The lowest BCUT2D eigenvalue weighted by Crippen LogP contribution is -1.99. The molecular formula is C24H52O4. The molecule has 0 atom stereocenters. The SMILES string of the molecule is CCCCCCCCCCCCOOCCCCCCCCCCCC.OO. The summed E-state index contributed by atoms with van der Waals surface area (Å²) in [5.74, 6) is 0. The van der Waals surface area contributed by atoms with E-state index in [2.05, 4.69) is 13.8 Å². The molecule has 0 unspecified atom stereocenters. The molecule has 0 aromatic carbocycles. The van der Waals surface area contributed by atoms with Crippen LogP contribution in [0.3, 0.4) is 0 Å². The first-order valence-corrected chi connectivity index (χ1v) is 12.4. The quantitative estimate of drug-likeness (QED) is 0.101. The van der Waals surface area contributed by atoms with Gasteiger partial charge in [-0.2, -0.15) is 0 Å². The van der Waals surface area contributed by atoms with Gasteiger partial charge in [0.2, 0.25) is 0 Å². The van der Waals surface area contributed by atoms with Crippen molar-refractivity contribution in [2.75, 3.05) is 13.2 Å². The van der Waals surface area contributed by atoms with Crippen LogP contribution in [-0.2, 0) is 9.78 Å². The molecule has 172 valence electrons. The highest BCUT2D eigenvalue weighted by atomic mass is 17.2. The van der Waals surface area contributed by atoms with E-state index < -0.39 is 0 Å². The number of unbranched alkanes of at least 4 members (excludes halogenated alkanes) is 18. The second-order valence-corrected chi connectivity index (χ2v) is 8.01. The van der Waals surface area contributed by atoms with E-state index in [9.17, 15) is 0 Å². The summed E-state index contributed by atoms with van der Waals surface area (Å²) in [5, 5.41) is 12.0. The zero-order valence-electron chi connectivity index (χ0n) is 19.3. The number of hydrogen-bond donors (Lipinski definition) is 2. The first-order valence-electron chi connectivity index (χ1n) is 12.4. The van der Waals surface area contributed by atoms with Gasteiger partial charge in [-0.1, -0.05) is 129 Å². The first kappa shape index (κ1) is 30.0. The maximum absolute atomic E-state index is 6.00. The standard InChI is InChI=1S/C24H50O2.H2O2/c1-3-5-7-9-11-13-15-17-19-21-23-25-26-24-22-20-18-16-14-12-10-8-6-4-2;1-2/h3-24H2,1-2H3;1-2H. The van der Waals surface area contributed by atoms with Gasteiger partial charge in [0, 0.05) is 0 Å². The monoisotopic (exact) mass is 404 g/mol. The molecule has 0 aliphatic heterocycles. The highest BCUT2D eigenvalue weighted by molar-refractivity contribution is 4.48. The minimum absolute atomic E-state index is 0.772. The highest BCUT2D eigenvalue weighted by Crippen LogP contribution is 2.11. The molecule has 2 N–H and O–H groups in total. The summed E-state index contributed by atoms with van der Waals surface area (Å²) >= 11 is 0. The van der Waals surface area contributed by atoms with Crippen molar-refractivity contribution < 1.29 is 20.3 Å². The molecule has 0 radical (unpaired) electrons. The van der Waals surface area contributed by atoms with Crippen molar-refractivity contribution in [2.45, 2.75) is 142 Å². The van der Waals surface area contributed by atoms with Crippen LogP contribution in [-0.4, -0.2) is 23.7 Å². The second kappa shape index (κ2) is 31.5. The lowest BCUT2D eigenvalue weighted by molar-refractivity contribution is -0.295. The predicted molar refractivity (Wildman–Crippen MR) is 121 cm³/mol. The summed E-state index contributed by atoms with van der Waals surface area (Å²) in [6.45, 7) is 6.11. The highest BCUT2D eigenvalue weighted by Gasteiger charge is 1.95. The summed E-state index contributed by atoms with van der Waals surface area (Å²) in [5.41, 5.74) is 0. The van der Waals surface area contributed by atoms with E-state index in [4.69, 9.17) is 20.3 Å². The smallest absolute Gasteiger partial charge is 0.0822 e. The van der Waals surface area contributed by atoms with Gasteiger partial charge in [-0.05, 0) is 12.8 Å². The van der Waals surface area contributed by atoms with Crippen molar-refractivity contribution in [3.8, 4) is 0 Å². The first-order chi connectivity index (χ1) is 13.9. The zero-order valence-corrected chi connectivity index (χ0v) is 19.3. The van der Waals surface area contributed by atoms with Crippen LogP contribution in [0.1, 0.15) is 142 Å². The van der Waals surface area contributed by atoms with Crippen LogP contribution in [0.15, 0.2) is 0 Å². The molecule has 0 saturated heterocycles. The van der Waals surface area contributed by atoms with Crippen molar-refractivity contribution in [1.29, 1.82) is 0 Å². The van der Waals surface area contributed by atoms with Crippen molar-refractivity contribution in [2.24, 2.45) is 0 Å². The van der Waals surface area contributed by atoms with E-state index in [-0.39, 0.29) is 0 Å². The van der Waals surface area contributed by atoms with Crippen LogP contribution >= 0.6 is 0 Å². The Bertz CT molecular complexity index is 213. The maximum atomic E-state index is 6.00. The molecule has 0 aliphatic carbocycles. The Morgan fingerprint density at radius 2 is 0.571 bits per heavy atom. The average Bonchev–Trinajstić information content (AvgIpc) is 2.73. The van der Waals surface area contributed by atoms with E-state index in [1.54, 1.807) is 0 Å². The van der Waals surface area contributed by atoms with Gasteiger partial charge < -0.3 is 0 Å². The summed E-state index contributed by atoms with van der Waals surface area (Å²) in [6.07, 6.45) is 27.3. The van der Waals surface area contributed by atoms with Gasteiger partial charge in [0.1, 0.15) is 0 Å². The van der Waals surface area contributed by atoms with Crippen LogP contribution in [0, 0.1) is 0 Å². The number of rotatable bonds is 23. The molecule has 0 fully saturated rings. The van der Waals surface area contributed by atoms with E-state index in [0.717, 1.165) is 26.1 Å². The third-order valence-corrected chi connectivity index (χ3v) is 5.25. The van der Waals surface area contributed by atoms with Crippen molar-refractivity contribution in [1.82, 2.24) is 0 Å². The number of hydrogen-bond acceptors (Lipinski definition) is 4. The lowest BCUT2D eigenvalue weighted by Gasteiger charge is -2.05. The Hall–Kier alpha value is -0.160. The summed E-state index contributed by atoms with van der Waals surface area (Å²) in [6, 6.07) is 0. The average molecular weight is 405 g/mol. The Morgan fingerprint density at radius 3 is 0.821 bits per heavy atom. The van der Waals surface area contributed by atoms with Gasteiger partial charge in [0.05, 0.1) is 13.2 Å². The summed E-state index contributed by atoms with van der Waals surface area (Å²) in [4.78, 5) is 10.6. The maximum Gasteiger partial charge on any atom is 0.0822 e. The normalized spacial score (nSPS) is 10.7. The Balaban J connectivity index is 0. The topological polar surface area (TPSA) is 58.9 Å². The molecule has 0 spiro atoms. The van der Waals surface area contributed by atoms with E-state index in [1.165, 1.54) is 116 Å². The Morgan fingerprint density at radius 1 is 0.357 bits per heavy atom.